The average molecular weight is 430 g/mol. The molecule has 30 heavy (non-hydrogen) atoms. The molecule has 1 amide bonds. The molecule has 0 spiro atoms. The second-order valence-electron chi connectivity index (χ2n) is 7.36. The molecule has 1 heterocycles. The molecule has 2 aromatic carbocycles. The summed E-state index contributed by atoms with van der Waals surface area (Å²) in [5.41, 5.74) is 2.11. The minimum Gasteiger partial charge on any atom is -0.495 e. The lowest BCUT2D eigenvalue weighted by molar-refractivity contribution is -0.385. The predicted molar refractivity (Wildman–Crippen MR) is 118 cm³/mol. The number of carbonyl (C=O) groups is 1. The molecule has 0 saturated carbocycles. The van der Waals surface area contributed by atoms with Crippen molar-refractivity contribution in [3.8, 4) is 5.75 Å². The maximum Gasteiger partial charge on any atom is 0.285 e. The Kier molecular flexibility index (Phi) is 7.33. The van der Waals surface area contributed by atoms with Crippen molar-refractivity contribution < 1.29 is 14.5 Å². The first-order valence-corrected chi connectivity index (χ1v) is 11.2. The summed E-state index contributed by atoms with van der Waals surface area (Å²) in [4.78, 5) is 27.0. The molecule has 1 saturated heterocycles. The van der Waals surface area contributed by atoms with E-state index in [0.717, 1.165) is 31.5 Å². The van der Waals surface area contributed by atoms with Gasteiger partial charge in [-0.3, -0.25) is 19.8 Å². The van der Waals surface area contributed by atoms with Gasteiger partial charge in [0, 0.05) is 6.54 Å². The quantitative estimate of drug-likeness (QED) is 0.385. The normalized spacial score (nSPS) is 15.0. The molecule has 2 aromatic rings. The van der Waals surface area contributed by atoms with Crippen LogP contribution in [0.5, 0.6) is 5.75 Å². The van der Waals surface area contributed by atoms with Crippen molar-refractivity contribution in [2.24, 2.45) is 0 Å². The number of carbonyl (C=O) groups excluding carboxylic acids is 1. The summed E-state index contributed by atoms with van der Waals surface area (Å²) < 4.78 is 5.23. The Bertz CT molecular complexity index is 911. The molecule has 0 aliphatic carbocycles. The van der Waals surface area contributed by atoms with Crippen LogP contribution in [0.15, 0.2) is 41.3 Å². The Morgan fingerprint density at radius 1 is 1.27 bits per heavy atom. The number of benzene rings is 2. The highest BCUT2D eigenvalue weighted by atomic mass is 32.2. The summed E-state index contributed by atoms with van der Waals surface area (Å²) in [5.74, 6) is -0.0590. The largest absolute Gasteiger partial charge is 0.495 e. The zero-order chi connectivity index (χ0) is 21.7. The predicted octanol–water partition coefficient (Wildman–Crippen LogP) is 4.20. The van der Waals surface area contributed by atoms with Crippen LogP contribution in [0.2, 0.25) is 0 Å². The van der Waals surface area contributed by atoms with Crippen molar-refractivity contribution >= 4 is 23.4 Å². The molecule has 3 rings (SSSR count). The van der Waals surface area contributed by atoms with Gasteiger partial charge in [0.05, 0.1) is 29.0 Å². The first-order chi connectivity index (χ1) is 14.4. The molecule has 0 aromatic heterocycles. The number of thioether (sulfide) groups is 1. The monoisotopic (exact) mass is 429 g/mol. The fourth-order valence-electron chi connectivity index (χ4n) is 3.79. The van der Waals surface area contributed by atoms with Gasteiger partial charge in [-0.15, -0.1) is 11.8 Å². The summed E-state index contributed by atoms with van der Waals surface area (Å²) >= 11 is 1.38. The number of hydrogen-bond acceptors (Lipinski definition) is 6. The van der Waals surface area contributed by atoms with E-state index in [0.29, 0.717) is 17.2 Å². The van der Waals surface area contributed by atoms with Gasteiger partial charge in [0.2, 0.25) is 0 Å². The van der Waals surface area contributed by atoms with E-state index < -0.39 is 10.8 Å². The Morgan fingerprint density at radius 3 is 2.50 bits per heavy atom. The van der Waals surface area contributed by atoms with Gasteiger partial charge in [0.1, 0.15) is 11.3 Å². The van der Waals surface area contributed by atoms with Gasteiger partial charge in [0.15, 0.2) is 0 Å². The molecule has 0 bridgehead atoms. The number of amides is 1. The number of hydrogen-bond donors (Lipinski definition) is 1. The number of nitrogens with one attached hydrogen (secondary N) is 1. The lowest BCUT2D eigenvalue weighted by Gasteiger charge is -2.28. The van der Waals surface area contributed by atoms with Gasteiger partial charge in [-0.25, -0.2) is 0 Å². The molecule has 7 nitrogen and oxygen atoms in total. The molecular weight excluding hydrogens is 402 g/mol. The Labute approximate surface area is 180 Å². The minimum absolute atomic E-state index is 0.0365. The van der Waals surface area contributed by atoms with Crippen LogP contribution in [-0.4, -0.2) is 48.7 Å². The van der Waals surface area contributed by atoms with Crippen LogP contribution in [0.4, 0.5) is 5.69 Å². The van der Waals surface area contributed by atoms with E-state index in [1.165, 1.54) is 36.6 Å². The van der Waals surface area contributed by atoms with Crippen LogP contribution < -0.4 is 10.1 Å². The second kappa shape index (κ2) is 9.95. The summed E-state index contributed by atoms with van der Waals surface area (Å²) in [6.45, 7) is 4.39. The van der Waals surface area contributed by atoms with Crippen molar-refractivity contribution in [2.45, 2.75) is 30.7 Å². The van der Waals surface area contributed by atoms with Gasteiger partial charge in [-0.2, -0.15) is 0 Å². The summed E-state index contributed by atoms with van der Waals surface area (Å²) in [6.07, 6.45) is 4.11. The van der Waals surface area contributed by atoms with Crippen molar-refractivity contribution in [2.75, 3.05) is 33.0 Å². The third-order valence-corrected chi connectivity index (χ3v) is 6.20. The first-order valence-electron chi connectivity index (χ1n) is 9.93. The van der Waals surface area contributed by atoms with Crippen LogP contribution in [0, 0.1) is 17.0 Å². The minimum atomic E-state index is -0.542. The van der Waals surface area contributed by atoms with Gasteiger partial charge >= 0.3 is 0 Å². The maximum atomic E-state index is 13.0. The topological polar surface area (TPSA) is 84.7 Å². The number of ether oxygens (including phenoxy) is 1. The molecule has 1 aliphatic rings. The van der Waals surface area contributed by atoms with E-state index in [2.05, 4.69) is 34.5 Å². The van der Waals surface area contributed by atoms with E-state index >= 15 is 0 Å². The number of methoxy groups -OCH3 is 1. The van der Waals surface area contributed by atoms with Crippen molar-refractivity contribution in [3.05, 3.63) is 63.2 Å². The Balaban J connectivity index is 1.84. The summed E-state index contributed by atoms with van der Waals surface area (Å²) in [5, 5.41) is 14.5. The van der Waals surface area contributed by atoms with Gasteiger partial charge in [-0.1, -0.05) is 29.8 Å². The van der Waals surface area contributed by atoms with Gasteiger partial charge < -0.3 is 10.1 Å². The molecule has 1 fully saturated rings. The number of nitro benzene ring substituents is 1. The highest BCUT2D eigenvalue weighted by Crippen LogP contribution is 2.34. The number of likely N-dealkylation sites (tertiary alicyclic amines) is 1. The van der Waals surface area contributed by atoms with Crippen LogP contribution >= 0.6 is 11.8 Å². The smallest absolute Gasteiger partial charge is 0.285 e. The zero-order valence-corrected chi connectivity index (χ0v) is 18.3. The second-order valence-corrected chi connectivity index (χ2v) is 8.21. The van der Waals surface area contributed by atoms with Crippen molar-refractivity contribution in [3.63, 3.8) is 0 Å². The molecule has 1 atom stereocenters. The molecule has 1 unspecified atom stereocenters. The third-order valence-electron chi connectivity index (χ3n) is 5.44. The SMILES string of the molecule is COc1cc([N+](=O)[O-])c(C(=O)NCC(c2ccc(C)cc2)N2CCCC2)cc1SC. The standard InChI is InChI=1S/C22H27N3O4S/c1-15-6-8-16(9-7-15)19(24-10-4-5-11-24)14-23-22(26)17-12-21(30-3)20(29-2)13-18(17)25(27)28/h6-9,12-13,19H,4-5,10-11,14H2,1-3H3,(H,23,26). The molecule has 160 valence electrons. The van der Waals surface area contributed by atoms with Crippen LogP contribution in [0.3, 0.4) is 0 Å². The fraction of sp³-hybridized carbons (Fsp3) is 0.409. The molecule has 1 aliphatic heterocycles. The Morgan fingerprint density at radius 2 is 1.93 bits per heavy atom. The maximum absolute atomic E-state index is 13.0. The van der Waals surface area contributed by atoms with Crippen molar-refractivity contribution in [1.29, 1.82) is 0 Å². The van der Waals surface area contributed by atoms with E-state index in [9.17, 15) is 14.9 Å². The van der Waals surface area contributed by atoms with E-state index in [1.807, 2.05) is 13.2 Å². The van der Waals surface area contributed by atoms with Crippen LogP contribution in [0.1, 0.15) is 40.4 Å². The van der Waals surface area contributed by atoms with E-state index in [1.54, 1.807) is 0 Å². The highest BCUT2D eigenvalue weighted by molar-refractivity contribution is 7.98. The fourth-order valence-corrected chi connectivity index (χ4v) is 4.36. The lowest BCUT2D eigenvalue weighted by atomic mass is 10.0. The van der Waals surface area contributed by atoms with Crippen molar-refractivity contribution in [1.82, 2.24) is 10.2 Å². The van der Waals surface area contributed by atoms with Crippen LogP contribution in [0.25, 0.3) is 0 Å². The number of nitrogens with zero attached hydrogens (tertiary/aromatic N) is 2. The highest BCUT2D eigenvalue weighted by Gasteiger charge is 2.27. The number of rotatable bonds is 8. The number of nitro groups is 1. The van der Waals surface area contributed by atoms with Gasteiger partial charge in [0.25, 0.3) is 11.6 Å². The third kappa shape index (κ3) is 4.94. The van der Waals surface area contributed by atoms with E-state index in [4.69, 9.17) is 4.74 Å². The molecule has 0 radical (unpaired) electrons. The van der Waals surface area contributed by atoms with Crippen LogP contribution in [-0.2, 0) is 0 Å². The first kappa shape index (κ1) is 22.1. The Hall–Kier alpha value is -2.58. The van der Waals surface area contributed by atoms with Gasteiger partial charge in [-0.05, 0) is 50.7 Å². The lowest BCUT2D eigenvalue weighted by Crippen LogP contribution is -2.37. The average Bonchev–Trinajstić information content (AvgIpc) is 3.28. The zero-order valence-electron chi connectivity index (χ0n) is 17.5. The molecule has 8 heteroatoms. The number of aryl methyl sites for hydroxylation is 1. The summed E-state index contributed by atoms with van der Waals surface area (Å²) in [7, 11) is 1.46. The van der Waals surface area contributed by atoms with E-state index in [-0.39, 0.29) is 17.3 Å². The molecular formula is C22H27N3O4S. The summed E-state index contributed by atoms with van der Waals surface area (Å²) in [6, 6.07) is 11.2. The molecule has 1 N–H and O–H groups in total.